The van der Waals surface area contributed by atoms with E-state index in [1.165, 1.54) is 20.3 Å². The zero-order chi connectivity index (χ0) is 12.3. The number of halogens is 1. The highest BCUT2D eigenvalue weighted by Crippen LogP contribution is 2.24. The standard InChI is InChI=1S/C13H15IN2S/c1-9-7-17-8-12(9)13(16-15)6-10-2-4-11(14)5-3-10/h2-5,7-8,13,16H,6,15H2,1H3. The molecular weight excluding hydrogens is 343 g/mol. The topological polar surface area (TPSA) is 38.0 Å². The summed E-state index contributed by atoms with van der Waals surface area (Å²) in [6.45, 7) is 2.13. The molecule has 3 N–H and O–H groups in total. The van der Waals surface area contributed by atoms with Crippen LogP contribution in [0.1, 0.15) is 22.7 Å². The van der Waals surface area contributed by atoms with E-state index >= 15 is 0 Å². The molecule has 0 fully saturated rings. The van der Waals surface area contributed by atoms with Gasteiger partial charge in [-0.05, 0) is 75.5 Å². The van der Waals surface area contributed by atoms with E-state index in [-0.39, 0.29) is 6.04 Å². The van der Waals surface area contributed by atoms with Crippen molar-refractivity contribution in [2.75, 3.05) is 0 Å². The molecule has 0 saturated heterocycles. The highest BCUT2D eigenvalue weighted by atomic mass is 127. The Balaban J connectivity index is 2.16. The fourth-order valence-corrected chi connectivity index (χ4v) is 3.11. The highest BCUT2D eigenvalue weighted by molar-refractivity contribution is 14.1. The third-order valence-corrected chi connectivity index (χ3v) is 4.42. The van der Waals surface area contributed by atoms with Crippen LogP contribution in [-0.2, 0) is 6.42 Å². The van der Waals surface area contributed by atoms with Crippen LogP contribution in [0.4, 0.5) is 0 Å². The highest BCUT2D eigenvalue weighted by Gasteiger charge is 2.13. The van der Waals surface area contributed by atoms with Gasteiger partial charge in [-0.2, -0.15) is 11.3 Å². The second-order valence-corrected chi connectivity index (χ2v) is 6.05. The predicted octanol–water partition coefficient (Wildman–Crippen LogP) is 3.41. The lowest BCUT2D eigenvalue weighted by atomic mass is 9.99. The van der Waals surface area contributed by atoms with Crippen molar-refractivity contribution < 1.29 is 0 Å². The minimum atomic E-state index is 0.196. The van der Waals surface area contributed by atoms with E-state index in [2.05, 4.69) is 70.0 Å². The summed E-state index contributed by atoms with van der Waals surface area (Å²) < 4.78 is 1.26. The Morgan fingerprint density at radius 1 is 1.29 bits per heavy atom. The van der Waals surface area contributed by atoms with Crippen molar-refractivity contribution in [1.29, 1.82) is 0 Å². The zero-order valence-corrected chi connectivity index (χ0v) is 12.6. The van der Waals surface area contributed by atoms with E-state index in [1.54, 1.807) is 11.3 Å². The summed E-state index contributed by atoms with van der Waals surface area (Å²) in [5, 5.41) is 4.33. The van der Waals surface area contributed by atoms with Gasteiger partial charge in [0.2, 0.25) is 0 Å². The lowest BCUT2D eigenvalue weighted by molar-refractivity contribution is 0.551. The molecule has 0 radical (unpaired) electrons. The normalized spacial score (nSPS) is 12.6. The van der Waals surface area contributed by atoms with Gasteiger partial charge in [0.1, 0.15) is 0 Å². The van der Waals surface area contributed by atoms with Gasteiger partial charge >= 0.3 is 0 Å². The van der Waals surface area contributed by atoms with Crippen molar-refractivity contribution in [1.82, 2.24) is 5.43 Å². The number of rotatable bonds is 4. The molecule has 2 aromatic rings. The quantitative estimate of drug-likeness (QED) is 0.499. The number of nitrogens with one attached hydrogen (secondary N) is 1. The van der Waals surface area contributed by atoms with E-state index < -0.39 is 0 Å². The van der Waals surface area contributed by atoms with E-state index in [4.69, 9.17) is 5.84 Å². The van der Waals surface area contributed by atoms with Crippen LogP contribution < -0.4 is 11.3 Å². The van der Waals surface area contributed by atoms with E-state index in [0.29, 0.717) is 0 Å². The van der Waals surface area contributed by atoms with Gasteiger partial charge < -0.3 is 0 Å². The molecule has 0 bridgehead atoms. The molecule has 2 nitrogen and oxygen atoms in total. The zero-order valence-electron chi connectivity index (χ0n) is 9.61. The molecule has 0 aliphatic carbocycles. The summed E-state index contributed by atoms with van der Waals surface area (Å²) in [5.41, 5.74) is 6.83. The van der Waals surface area contributed by atoms with E-state index in [9.17, 15) is 0 Å². The minimum absolute atomic E-state index is 0.196. The molecule has 1 unspecified atom stereocenters. The Hall–Kier alpha value is -0.430. The van der Waals surface area contributed by atoms with Crippen molar-refractivity contribution >= 4 is 33.9 Å². The number of thiophene rings is 1. The van der Waals surface area contributed by atoms with Crippen LogP contribution in [-0.4, -0.2) is 0 Å². The lowest BCUT2D eigenvalue weighted by Gasteiger charge is -2.16. The van der Waals surface area contributed by atoms with Crippen molar-refractivity contribution in [3.8, 4) is 0 Å². The van der Waals surface area contributed by atoms with Gasteiger partial charge in [-0.15, -0.1) is 0 Å². The average Bonchev–Trinajstić information content (AvgIpc) is 2.75. The van der Waals surface area contributed by atoms with Gasteiger partial charge in [-0.25, -0.2) is 0 Å². The molecule has 2 rings (SSSR count). The van der Waals surface area contributed by atoms with Crippen molar-refractivity contribution in [2.45, 2.75) is 19.4 Å². The molecule has 1 heterocycles. The van der Waals surface area contributed by atoms with Gasteiger partial charge in [-0.1, -0.05) is 12.1 Å². The summed E-state index contributed by atoms with van der Waals surface area (Å²) in [7, 11) is 0. The Bertz CT molecular complexity index is 478. The van der Waals surface area contributed by atoms with Crippen LogP contribution in [0.5, 0.6) is 0 Å². The Kier molecular flexibility index (Phi) is 4.55. The largest absolute Gasteiger partial charge is 0.271 e. The molecule has 0 spiro atoms. The molecule has 1 aromatic heterocycles. The van der Waals surface area contributed by atoms with Crippen LogP contribution in [0.3, 0.4) is 0 Å². The number of benzene rings is 1. The maximum absolute atomic E-state index is 5.66. The first-order valence-electron chi connectivity index (χ1n) is 5.44. The van der Waals surface area contributed by atoms with Crippen LogP contribution in [0.2, 0.25) is 0 Å². The summed E-state index contributed by atoms with van der Waals surface area (Å²) in [6.07, 6.45) is 0.922. The molecule has 17 heavy (non-hydrogen) atoms. The maximum Gasteiger partial charge on any atom is 0.0511 e. The van der Waals surface area contributed by atoms with Gasteiger partial charge in [0.15, 0.2) is 0 Å². The van der Waals surface area contributed by atoms with Gasteiger partial charge in [0, 0.05) is 3.57 Å². The minimum Gasteiger partial charge on any atom is -0.271 e. The van der Waals surface area contributed by atoms with Crippen LogP contribution >= 0.6 is 33.9 Å². The fraction of sp³-hybridized carbons (Fsp3) is 0.231. The van der Waals surface area contributed by atoms with E-state index in [0.717, 1.165) is 6.42 Å². The molecule has 90 valence electrons. The number of hydrazine groups is 1. The number of hydrogen-bond acceptors (Lipinski definition) is 3. The summed E-state index contributed by atoms with van der Waals surface area (Å²) >= 11 is 4.04. The number of hydrogen-bond donors (Lipinski definition) is 2. The van der Waals surface area contributed by atoms with Gasteiger partial charge in [0.25, 0.3) is 0 Å². The predicted molar refractivity (Wildman–Crippen MR) is 82.0 cm³/mol. The summed E-state index contributed by atoms with van der Waals surface area (Å²) in [4.78, 5) is 0. The average molecular weight is 358 g/mol. The van der Waals surface area contributed by atoms with Crippen molar-refractivity contribution in [2.24, 2.45) is 5.84 Å². The van der Waals surface area contributed by atoms with Crippen molar-refractivity contribution in [3.63, 3.8) is 0 Å². The second-order valence-electron chi connectivity index (χ2n) is 4.06. The molecule has 1 atom stereocenters. The number of nitrogens with two attached hydrogens (primary N) is 1. The lowest BCUT2D eigenvalue weighted by Crippen LogP contribution is -2.29. The first-order valence-corrected chi connectivity index (χ1v) is 7.46. The van der Waals surface area contributed by atoms with Gasteiger partial charge in [0.05, 0.1) is 6.04 Å². The number of aryl methyl sites for hydroxylation is 1. The van der Waals surface area contributed by atoms with E-state index in [1.807, 2.05) is 0 Å². The Morgan fingerprint density at radius 2 is 2.00 bits per heavy atom. The fourth-order valence-electron chi connectivity index (χ4n) is 1.84. The van der Waals surface area contributed by atoms with Crippen LogP contribution in [0.25, 0.3) is 0 Å². The first kappa shape index (κ1) is 13.0. The summed E-state index contributed by atoms with van der Waals surface area (Å²) in [5.74, 6) is 5.66. The smallest absolute Gasteiger partial charge is 0.0511 e. The third-order valence-electron chi connectivity index (χ3n) is 2.82. The molecule has 0 aliphatic rings. The Morgan fingerprint density at radius 3 is 2.53 bits per heavy atom. The second kappa shape index (κ2) is 5.95. The first-order chi connectivity index (χ1) is 8.20. The third kappa shape index (κ3) is 3.28. The van der Waals surface area contributed by atoms with Crippen molar-refractivity contribution in [3.05, 3.63) is 55.3 Å². The molecular formula is C13H15IN2S. The SMILES string of the molecule is Cc1cscc1C(Cc1ccc(I)cc1)NN. The maximum atomic E-state index is 5.66. The molecule has 0 aliphatic heterocycles. The van der Waals surface area contributed by atoms with Crippen LogP contribution in [0, 0.1) is 10.5 Å². The molecule has 1 aromatic carbocycles. The van der Waals surface area contributed by atoms with Crippen LogP contribution in [0.15, 0.2) is 35.0 Å². The van der Waals surface area contributed by atoms with Gasteiger partial charge in [-0.3, -0.25) is 11.3 Å². The molecule has 0 amide bonds. The molecule has 4 heteroatoms. The monoisotopic (exact) mass is 358 g/mol. The summed E-state index contributed by atoms with van der Waals surface area (Å²) in [6, 6.07) is 8.77. The molecule has 0 saturated carbocycles. The Labute approximate surface area is 119 Å².